The van der Waals surface area contributed by atoms with E-state index in [2.05, 4.69) is 10.3 Å². The van der Waals surface area contributed by atoms with E-state index in [0.717, 1.165) is 48.1 Å². The van der Waals surface area contributed by atoms with Gasteiger partial charge >= 0.3 is 0 Å². The molecule has 1 heterocycles. The van der Waals surface area contributed by atoms with E-state index in [1.165, 1.54) is 0 Å². The number of aromatic nitrogens is 1. The minimum atomic E-state index is 0.270. The van der Waals surface area contributed by atoms with Gasteiger partial charge in [0.25, 0.3) is 0 Å². The molecular formula is C14H19N3O. The zero-order valence-corrected chi connectivity index (χ0v) is 10.4. The second kappa shape index (κ2) is 6.21. The zero-order valence-electron chi connectivity index (χ0n) is 10.4. The molecule has 0 spiro atoms. The van der Waals surface area contributed by atoms with Crippen LogP contribution in [0, 0.1) is 0 Å². The molecule has 2 rings (SSSR count). The Balaban J connectivity index is 2.04. The Labute approximate surface area is 107 Å². The molecule has 1 aromatic carbocycles. The first-order chi connectivity index (χ1) is 8.81. The molecular weight excluding hydrogens is 226 g/mol. The topological polar surface area (TPSA) is 71.2 Å². The van der Waals surface area contributed by atoms with Gasteiger partial charge in [0.1, 0.15) is 5.82 Å². The molecule has 0 bridgehead atoms. The molecule has 4 nitrogen and oxygen atoms in total. The van der Waals surface area contributed by atoms with Crippen LogP contribution in [0.15, 0.2) is 30.5 Å². The van der Waals surface area contributed by atoms with Crippen LogP contribution in [0.1, 0.15) is 19.3 Å². The first-order valence-electron chi connectivity index (χ1n) is 6.30. The molecule has 2 aromatic rings. The molecule has 0 saturated heterocycles. The van der Waals surface area contributed by atoms with Gasteiger partial charge in [-0.15, -0.1) is 0 Å². The van der Waals surface area contributed by atoms with Crippen LogP contribution in [0.25, 0.3) is 10.8 Å². The Morgan fingerprint density at radius 3 is 2.89 bits per heavy atom. The fourth-order valence-corrected chi connectivity index (χ4v) is 1.96. The van der Waals surface area contributed by atoms with Gasteiger partial charge in [-0.3, -0.25) is 0 Å². The normalized spacial score (nSPS) is 10.7. The second-order valence-electron chi connectivity index (χ2n) is 4.35. The molecule has 0 aliphatic carbocycles. The monoisotopic (exact) mass is 245 g/mol. The number of nitrogens with zero attached hydrogens (tertiary/aromatic N) is 1. The standard InChI is InChI=1S/C14H19N3O/c15-12-4-5-13-11(10-12)6-8-17-14(13)16-7-2-1-3-9-18/h4-6,8,10,18H,1-3,7,9,15H2,(H,16,17). The lowest BCUT2D eigenvalue weighted by atomic mass is 10.1. The number of hydrogen-bond donors (Lipinski definition) is 3. The molecule has 0 aliphatic heterocycles. The van der Waals surface area contributed by atoms with Gasteiger partial charge in [0, 0.05) is 30.4 Å². The number of unbranched alkanes of at least 4 members (excludes halogenated alkanes) is 2. The lowest BCUT2D eigenvalue weighted by Gasteiger charge is -2.08. The number of nitrogens with two attached hydrogens (primary N) is 1. The SMILES string of the molecule is Nc1ccc2c(NCCCCCO)nccc2c1. The van der Waals surface area contributed by atoms with Crippen molar-refractivity contribution in [2.45, 2.75) is 19.3 Å². The highest BCUT2D eigenvalue weighted by atomic mass is 16.2. The summed E-state index contributed by atoms with van der Waals surface area (Å²) >= 11 is 0. The minimum Gasteiger partial charge on any atom is -0.399 e. The number of hydrogen-bond acceptors (Lipinski definition) is 4. The van der Waals surface area contributed by atoms with Gasteiger partial charge < -0.3 is 16.2 Å². The Kier molecular flexibility index (Phi) is 4.36. The third kappa shape index (κ3) is 3.11. The molecule has 0 aliphatic rings. The van der Waals surface area contributed by atoms with Crippen molar-refractivity contribution in [1.82, 2.24) is 4.98 Å². The number of anilines is 2. The summed E-state index contributed by atoms with van der Waals surface area (Å²) in [6.45, 7) is 1.14. The molecule has 0 unspecified atom stereocenters. The predicted octanol–water partition coefficient (Wildman–Crippen LogP) is 2.39. The van der Waals surface area contributed by atoms with E-state index in [4.69, 9.17) is 10.8 Å². The van der Waals surface area contributed by atoms with Gasteiger partial charge in [-0.25, -0.2) is 4.98 Å². The van der Waals surface area contributed by atoms with Crippen LogP contribution in [0.2, 0.25) is 0 Å². The highest BCUT2D eigenvalue weighted by molar-refractivity contribution is 5.93. The first kappa shape index (κ1) is 12.6. The largest absolute Gasteiger partial charge is 0.399 e. The smallest absolute Gasteiger partial charge is 0.133 e. The first-order valence-corrected chi connectivity index (χ1v) is 6.30. The summed E-state index contributed by atoms with van der Waals surface area (Å²) in [5, 5.41) is 14.2. The van der Waals surface area contributed by atoms with E-state index in [0.29, 0.717) is 0 Å². The maximum Gasteiger partial charge on any atom is 0.133 e. The Morgan fingerprint density at radius 2 is 2.06 bits per heavy atom. The molecule has 4 heteroatoms. The number of nitrogens with one attached hydrogen (secondary N) is 1. The highest BCUT2D eigenvalue weighted by Crippen LogP contribution is 2.22. The van der Waals surface area contributed by atoms with Crippen LogP contribution in [0.3, 0.4) is 0 Å². The van der Waals surface area contributed by atoms with Crippen LogP contribution < -0.4 is 11.1 Å². The van der Waals surface area contributed by atoms with E-state index in [1.807, 2.05) is 24.3 Å². The maximum atomic E-state index is 8.71. The van der Waals surface area contributed by atoms with Crippen molar-refractivity contribution in [3.63, 3.8) is 0 Å². The molecule has 0 fully saturated rings. The van der Waals surface area contributed by atoms with Crippen molar-refractivity contribution in [1.29, 1.82) is 0 Å². The number of fused-ring (bicyclic) bond motifs is 1. The van der Waals surface area contributed by atoms with Gasteiger partial charge in [-0.2, -0.15) is 0 Å². The molecule has 0 saturated carbocycles. The van der Waals surface area contributed by atoms with Gasteiger partial charge in [0.15, 0.2) is 0 Å². The van der Waals surface area contributed by atoms with E-state index in [1.54, 1.807) is 6.20 Å². The Hall–Kier alpha value is -1.81. The molecule has 0 amide bonds. The lowest BCUT2D eigenvalue weighted by Crippen LogP contribution is -2.04. The quantitative estimate of drug-likeness (QED) is 0.540. The molecule has 4 N–H and O–H groups in total. The fourth-order valence-electron chi connectivity index (χ4n) is 1.96. The Morgan fingerprint density at radius 1 is 1.17 bits per heavy atom. The number of aliphatic hydroxyl groups is 1. The maximum absolute atomic E-state index is 8.71. The van der Waals surface area contributed by atoms with Crippen LogP contribution in [0.4, 0.5) is 11.5 Å². The summed E-state index contributed by atoms with van der Waals surface area (Å²) in [5.41, 5.74) is 6.53. The van der Waals surface area contributed by atoms with Gasteiger partial charge in [-0.05, 0) is 48.9 Å². The zero-order chi connectivity index (χ0) is 12.8. The van der Waals surface area contributed by atoms with Crippen LogP contribution >= 0.6 is 0 Å². The Bertz CT molecular complexity index is 513. The summed E-state index contributed by atoms with van der Waals surface area (Å²) < 4.78 is 0. The van der Waals surface area contributed by atoms with Gasteiger partial charge in [0.2, 0.25) is 0 Å². The predicted molar refractivity (Wildman–Crippen MR) is 75.6 cm³/mol. The van der Waals surface area contributed by atoms with Crippen molar-refractivity contribution in [2.75, 3.05) is 24.2 Å². The number of rotatable bonds is 6. The number of aliphatic hydroxyl groups excluding tert-OH is 1. The van der Waals surface area contributed by atoms with Gasteiger partial charge in [0.05, 0.1) is 0 Å². The molecule has 18 heavy (non-hydrogen) atoms. The van der Waals surface area contributed by atoms with Crippen LogP contribution in [0.5, 0.6) is 0 Å². The van der Waals surface area contributed by atoms with Crippen molar-refractivity contribution >= 4 is 22.3 Å². The summed E-state index contributed by atoms with van der Waals surface area (Å²) in [4.78, 5) is 4.35. The molecule has 0 radical (unpaired) electrons. The van der Waals surface area contributed by atoms with Crippen LogP contribution in [-0.2, 0) is 0 Å². The van der Waals surface area contributed by atoms with Crippen molar-refractivity contribution < 1.29 is 5.11 Å². The summed E-state index contributed by atoms with van der Waals surface area (Å²) in [7, 11) is 0. The summed E-state index contributed by atoms with van der Waals surface area (Å²) in [6.07, 6.45) is 4.72. The van der Waals surface area contributed by atoms with Crippen molar-refractivity contribution in [3.05, 3.63) is 30.5 Å². The second-order valence-corrected chi connectivity index (χ2v) is 4.35. The lowest BCUT2D eigenvalue weighted by molar-refractivity contribution is 0.283. The molecule has 1 aromatic heterocycles. The van der Waals surface area contributed by atoms with E-state index in [9.17, 15) is 0 Å². The minimum absolute atomic E-state index is 0.270. The van der Waals surface area contributed by atoms with Gasteiger partial charge in [-0.1, -0.05) is 0 Å². The third-order valence-corrected chi connectivity index (χ3v) is 2.92. The van der Waals surface area contributed by atoms with Crippen molar-refractivity contribution in [2.24, 2.45) is 0 Å². The average molecular weight is 245 g/mol. The fraction of sp³-hybridized carbons (Fsp3) is 0.357. The number of nitrogen functional groups attached to an aromatic ring is 1. The molecule has 0 atom stereocenters. The summed E-state index contributed by atoms with van der Waals surface area (Å²) in [5.74, 6) is 0.900. The van der Waals surface area contributed by atoms with E-state index in [-0.39, 0.29) is 6.61 Å². The third-order valence-electron chi connectivity index (χ3n) is 2.92. The van der Waals surface area contributed by atoms with E-state index >= 15 is 0 Å². The van der Waals surface area contributed by atoms with Crippen LogP contribution in [-0.4, -0.2) is 23.2 Å². The average Bonchev–Trinajstić information content (AvgIpc) is 2.38. The number of benzene rings is 1. The highest BCUT2D eigenvalue weighted by Gasteiger charge is 2.01. The summed E-state index contributed by atoms with van der Waals surface area (Å²) in [6, 6.07) is 7.80. The molecule has 96 valence electrons. The van der Waals surface area contributed by atoms with E-state index < -0.39 is 0 Å². The number of pyridine rings is 1. The van der Waals surface area contributed by atoms with Crippen molar-refractivity contribution in [3.8, 4) is 0 Å².